The lowest BCUT2D eigenvalue weighted by Crippen LogP contribution is -2.32. The summed E-state index contributed by atoms with van der Waals surface area (Å²) in [5.41, 5.74) is 5.12. The number of ether oxygens (including phenoxy) is 1. The van der Waals surface area contributed by atoms with Crippen LogP contribution in [-0.4, -0.2) is 29.8 Å². The minimum absolute atomic E-state index is 0.179. The summed E-state index contributed by atoms with van der Waals surface area (Å²) in [6.45, 7) is 1.03. The summed E-state index contributed by atoms with van der Waals surface area (Å²) in [5, 5.41) is 13.1. The van der Waals surface area contributed by atoms with Gasteiger partial charge in [-0.1, -0.05) is 42.5 Å². The maximum absolute atomic E-state index is 12.3. The third-order valence-electron chi connectivity index (χ3n) is 6.00. The minimum atomic E-state index is -0.221. The van der Waals surface area contributed by atoms with Crippen molar-refractivity contribution in [3.05, 3.63) is 71.8 Å². The van der Waals surface area contributed by atoms with Crippen molar-refractivity contribution in [1.82, 2.24) is 10.3 Å². The van der Waals surface area contributed by atoms with Crippen LogP contribution < -0.4 is 5.32 Å². The lowest BCUT2D eigenvalue weighted by molar-refractivity contribution is -0.147. The molecule has 0 radical (unpaired) electrons. The molecule has 0 amide bonds. The number of esters is 1. The highest BCUT2D eigenvalue weighted by atomic mass is 32.2. The average Bonchev–Trinajstić information content (AvgIpc) is 3.56. The summed E-state index contributed by atoms with van der Waals surface area (Å²) in [6, 6.07) is 21.4. The summed E-state index contributed by atoms with van der Waals surface area (Å²) in [7, 11) is 0. The zero-order chi connectivity index (χ0) is 23.5. The number of thioether (sulfide) groups is 1. The second-order valence-corrected chi connectivity index (χ2v) is 8.96. The summed E-state index contributed by atoms with van der Waals surface area (Å²) in [5.74, 6) is 0.169. The molecule has 0 bridgehead atoms. The van der Waals surface area contributed by atoms with Crippen molar-refractivity contribution >= 4 is 28.8 Å². The summed E-state index contributed by atoms with van der Waals surface area (Å²) in [4.78, 5) is 18.0. The van der Waals surface area contributed by atoms with E-state index in [0.717, 1.165) is 41.0 Å². The highest BCUT2D eigenvalue weighted by Gasteiger charge is 2.24. The molecule has 1 fully saturated rings. The monoisotopic (exact) mass is 469 g/mol. The van der Waals surface area contributed by atoms with Crippen LogP contribution in [0.3, 0.4) is 0 Å². The van der Waals surface area contributed by atoms with Crippen LogP contribution >= 0.6 is 11.8 Å². The van der Waals surface area contributed by atoms with Crippen molar-refractivity contribution < 1.29 is 13.9 Å². The molecular weight excluding hydrogens is 446 g/mol. The molecule has 4 aromatic rings. The molecule has 6 nitrogen and oxygen atoms in total. The zero-order valence-electron chi connectivity index (χ0n) is 18.7. The second kappa shape index (κ2) is 9.72. The van der Waals surface area contributed by atoms with Gasteiger partial charge in [0.05, 0.1) is 11.1 Å². The fraction of sp³-hybridized carbons (Fsp3) is 0.222. The molecule has 1 N–H and O–H groups in total. The number of hydrogen-bond acceptors (Lipinski definition) is 7. The highest BCUT2D eigenvalue weighted by molar-refractivity contribution is 7.98. The quantitative estimate of drug-likeness (QED) is 0.292. The van der Waals surface area contributed by atoms with Crippen molar-refractivity contribution in [2.75, 3.05) is 12.8 Å². The van der Waals surface area contributed by atoms with Crippen molar-refractivity contribution in [2.24, 2.45) is 0 Å². The molecule has 0 spiro atoms. The summed E-state index contributed by atoms with van der Waals surface area (Å²) < 4.78 is 11.7. The molecule has 5 rings (SSSR count). The first-order chi connectivity index (χ1) is 16.7. The van der Waals surface area contributed by atoms with E-state index in [9.17, 15) is 10.1 Å². The van der Waals surface area contributed by atoms with Crippen LogP contribution in [0.15, 0.2) is 70.0 Å². The number of fused-ring (bicyclic) bond motifs is 1. The van der Waals surface area contributed by atoms with Gasteiger partial charge in [0.15, 0.2) is 5.58 Å². The number of aromatic nitrogens is 1. The van der Waals surface area contributed by atoms with Gasteiger partial charge in [-0.2, -0.15) is 5.26 Å². The molecule has 1 saturated heterocycles. The first-order valence-corrected chi connectivity index (χ1v) is 12.4. The van der Waals surface area contributed by atoms with Gasteiger partial charge < -0.3 is 14.5 Å². The Hall–Kier alpha value is -3.60. The largest absolute Gasteiger partial charge is 0.460 e. The molecule has 0 unspecified atom stereocenters. The smallest absolute Gasteiger partial charge is 0.323 e. The van der Waals surface area contributed by atoms with Crippen molar-refractivity contribution in [1.29, 1.82) is 5.26 Å². The summed E-state index contributed by atoms with van der Waals surface area (Å²) >= 11 is 1.56. The molecule has 7 heteroatoms. The van der Waals surface area contributed by atoms with E-state index in [1.807, 2.05) is 66.9 Å². The van der Waals surface area contributed by atoms with Crippen LogP contribution in [0, 0.1) is 11.3 Å². The van der Waals surface area contributed by atoms with E-state index < -0.39 is 0 Å². The number of rotatable bonds is 6. The molecule has 1 atom stereocenters. The Morgan fingerprint density at radius 1 is 1.21 bits per heavy atom. The van der Waals surface area contributed by atoms with Gasteiger partial charge in [0.25, 0.3) is 0 Å². The third-order valence-corrected chi connectivity index (χ3v) is 6.82. The van der Waals surface area contributed by atoms with Crippen LogP contribution in [0.25, 0.3) is 33.7 Å². The molecule has 1 aromatic heterocycles. The van der Waals surface area contributed by atoms with Crippen molar-refractivity contribution in [2.45, 2.75) is 30.4 Å². The SMILES string of the molecule is CSc1cc2oc(-c3cccc(-c4ccccc4)c3C#N)nc2cc1COC(=O)[C@@H]1CCCN1. The maximum atomic E-state index is 12.3. The van der Waals surface area contributed by atoms with E-state index in [4.69, 9.17) is 9.15 Å². The number of benzene rings is 3. The summed E-state index contributed by atoms with van der Waals surface area (Å²) in [6.07, 6.45) is 3.77. The van der Waals surface area contributed by atoms with E-state index in [1.54, 1.807) is 11.8 Å². The van der Waals surface area contributed by atoms with Crippen molar-refractivity contribution in [3.8, 4) is 28.7 Å². The molecule has 0 saturated carbocycles. The number of oxazole rings is 1. The maximum Gasteiger partial charge on any atom is 0.323 e. The van der Waals surface area contributed by atoms with Crippen LogP contribution in [0.2, 0.25) is 0 Å². The van der Waals surface area contributed by atoms with Gasteiger partial charge in [0, 0.05) is 16.0 Å². The molecule has 3 aromatic carbocycles. The van der Waals surface area contributed by atoms with Gasteiger partial charge >= 0.3 is 5.97 Å². The number of hydrogen-bond donors (Lipinski definition) is 1. The van der Waals surface area contributed by atoms with Gasteiger partial charge in [-0.3, -0.25) is 4.79 Å². The molecule has 170 valence electrons. The van der Waals surface area contributed by atoms with Crippen LogP contribution in [0.1, 0.15) is 24.0 Å². The van der Waals surface area contributed by atoms with E-state index in [2.05, 4.69) is 16.4 Å². The lowest BCUT2D eigenvalue weighted by atomic mass is 9.96. The van der Waals surface area contributed by atoms with E-state index in [1.165, 1.54) is 0 Å². The predicted octanol–water partition coefficient (Wildman–Crippen LogP) is 5.55. The Bertz CT molecular complexity index is 1390. The molecule has 34 heavy (non-hydrogen) atoms. The van der Waals surface area contributed by atoms with Crippen LogP contribution in [0.4, 0.5) is 0 Å². The van der Waals surface area contributed by atoms with Crippen LogP contribution in [0.5, 0.6) is 0 Å². The van der Waals surface area contributed by atoms with E-state index in [-0.39, 0.29) is 18.6 Å². The molecule has 0 aliphatic carbocycles. The van der Waals surface area contributed by atoms with E-state index in [0.29, 0.717) is 28.1 Å². The van der Waals surface area contributed by atoms with Crippen LogP contribution in [-0.2, 0) is 16.1 Å². The van der Waals surface area contributed by atoms with Gasteiger partial charge in [-0.25, -0.2) is 4.98 Å². The Kier molecular flexibility index (Phi) is 6.35. The third kappa shape index (κ3) is 4.30. The minimum Gasteiger partial charge on any atom is -0.460 e. The fourth-order valence-electron chi connectivity index (χ4n) is 4.26. The predicted molar refractivity (Wildman–Crippen MR) is 132 cm³/mol. The molecule has 1 aliphatic rings. The number of nitriles is 1. The lowest BCUT2D eigenvalue weighted by Gasteiger charge is -2.12. The topological polar surface area (TPSA) is 88.2 Å². The van der Waals surface area contributed by atoms with E-state index >= 15 is 0 Å². The average molecular weight is 470 g/mol. The molecular formula is C27H23N3O3S. The van der Waals surface area contributed by atoms with Gasteiger partial charge in [0.1, 0.15) is 24.2 Å². The Morgan fingerprint density at radius 2 is 2.03 bits per heavy atom. The Labute approximate surface area is 201 Å². The highest BCUT2D eigenvalue weighted by Crippen LogP contribution is 2.35. The van der Waals surface area contributed by atoms with Gasteiger partial charge in [0.2, 0.25) is 5.89 Å². The Balaban J connectivity index is 1.49. The first-order valence-electron chi connectivity index (χ1n) is 11.1. The first kappa shape index (κ1) is 22.2. The Morgan fingerprint density at radius 3 is 2.76 bits per heavy atom. The number of nitrogens with zero attached hydrogens (tertiary/aromatic N) is 2. The molecule has 2 heterocycles. The number of carbonyl (C=O) groups is 1. The normalized spacial score (nSPS) is 15.4. The van der Waals surface area contributed by atoms with Gasteiger partial charge in [-0.15, -0.1) is 11.8 Å². The number of carbonyl (C=O) groups excluding carboxylic acids is 1. The second-order valence-electron chi connectivity index (χ2n) is 8.11. The zero-order valence-corrected chi connectivity index (χ0v) is 19.5. The fourth-order valence-corrected chi connectivity index (χ4v) is 4.87. The standard InChI is InChI=1S/C27H23N3O3S/c1-34-25-14-24-23(13-18(25)16-32-27(31)22-11-6-12-29-22)30-26(33-24)20-10-5-9-19(21(20)15-28)17-7-3-2-4-8-17/h2-5,7-10,13-14,22,29H,6,11-12,16H2,1H3/t22-/m0/s1. The van der Waals surface area contributed by atoms with Crippen molar-refractivity contribution in [3.63, 3.8) is 0 Å². The molecule has 1 aliphatic heterocycles. The van der Waals surface area contributed by atoms with Gasteiger partial charge in [-0.05, 0) is 49.4 Å². The number of nitrogens with one attached hydrogen (secondary N) is 1.